The number of hydrogen-bond donors (Lipinski definition) is 1. The quantitative estimate of drug-likeness (QED) is 0.563. The van der Waals surface area contributed by atoms with Crippen LogP contribution < -0.4 is 19.9 Å². The summed E-state index contributed by atoms with van der Waals surface area (Å²) in [6.45, 7) is 2.04. The lowest BCUT2D eigenvalue weighted by molar-refractivity contribution is -0.255. The molecule has 1 aliphatic heterocycles. The number of methoxy groups -OCH3 is 1. The highest BCUT2D eigenvalue weighted by Crippen LogP contribution is 2.33. The van der Waals surface area contributed by atoms with Crippen molar-refractivity contribution in [3.8, 4) is 11.5 Å². The zero-order valence-electron chi connectivity index (χ0n) is 15.9. The Hall–Kier alpha value is -3.81. The SMILES string of the molecule is CCN1C(=O)N/C(=C/c2cccc(OC)c2OCc2cccc(C(=O)[O-])c2)C1=O. The Morgan fingerprint density at radius 1 is 1.21 bits per heavy atom. The Balaban J connectivity index is 1.90. The number of carboxylic acids is 1. The van der Waals surface area contributed by atoms with Gasteiger partial charge in [-0.3, -0.25) is 9.69 Å². The van der Waals surface area contributed by atoms with Gasteiger partial charge < -0.3 is 24.7 Å². The van der Waals surface area contributed by atoms with E-state index >= 15 is 0 Å². The van der Waals surface area contributed by atoms with Crippen LogP contribution >= 0.6 is 0 Å². The van der Waals surface area contributed by atoms with Crippen LogP contribution in [0.15, 0.2) is 48.2 Å². The van der Waals surface area contributed by atoms with Gasteiger partial charge >= 0.3 is 6.03 Å². The van der Waals surface area contributed by atoms with E-state index < -0.39 is 17.9 Å². The number of rotatable bonds is 7. The van der Waals surface area contributed by atoms with Crippen LogP contribution in [0.1, 0.15) is 28.4 Å². The van der Waals surface area contributed by atoms with Crippen molar-refractivity contribution < 1.29 is 29.0 Å². The van der Waals surface area contributed by atoms with Crippen LogP contribution in [-0.4, -0.2) is 36.5 Å². The molecule has 2 aromatic rings. The second-order valence-corrected chi connectivity index (χ2v) is 6.19. The Bertz CT molecular complexity index is 998. The van der Waals surface area contributed by atoms with Crippen LogP contribution in [0.4, 0.5) is 4.79 Å². The molecule has 1 aliphatic rings. The highest BCUT2D eigenvalue weighted by atomic mass is 16.5. The Labute approximate surface area is 167 Å². The number of ether oxygens (including phenoxy) is 2. The molecule has 150 valence electrons. The second kappa shape index (κ2) is 8.47. The molecule has 0 spiro atoms. The van der Waals surface area contributed by atoms with Gasteiger partial charge in [0.25, 0.3) is 5.91 Å². The number of likely N-dealkylation sites (N-methyl/N-ethyl adjacent to an activating group) is 1. The fourth-order valence-electron chi connectivity index (χ4n) is 2.92. The van der Waals surface area contributed by atoms with Gasteiger partial charge in [-0.25, -0.2) is 4.79 Å². The molecular weight excluding hydrogens is 376 g/mol. The lowest BCUT2D eigenvalue weighted by Crippen LogP contribution is -2.30. The van der Waals surface area contributed by atoms with Crippen LogP contribution in [0.2, 0.25) is 0 Å². The predicted octanol–water partition coefficient (Wildman–Crippen LogP) is 1.55. The minimum Gasteiger partial charge on any atom is -0.545 e. The molecule has 3 rings (SSSR count). The molecule has 1 N–H and O–H groups in total. The van der Waals surface area contributed by atoms with E-state index in [1.807, 2.05) is 0 Å². The normalized spacial score (nSPS) is 14.8. The van der Waals surface area contributed by atoms with Crippen LogP contribution in [0.25, 0.3) is 6.08 Å². The lowest BCUT2D eigenvalue weighted by Gasteiger charge is -2.14. The molecule has 1 fully saturated rings. The van der Waals surface area contributed by atoms with Gasteiger partial charge in [-0.15, -0.1) is 0 Å². The van der Waals surface area contributed by atoms with E-state index in [1.165, 1.54) is 25.3 Å². The van der Waals surface area contributed by atoms with Crippen LogP contribution in [-0.2, 0) is 11.4 Å². The van der Waals surface area contributed by atoms with Gasteiger partial charge in [0.2, 0.25) is 0 Å². The number of amides is 3. The Kier molecular flexibility index (Phi) is 5.82. The smallest absolute Gasteiger partial charge is 0.328 e. The summed E-state index contributed by atoms with van der Waals surface area (Å²) in [5.41, 5.74) is 1.34. The van der Waals surface area contributed by atoms with Crippen molar-refractivity contribution in [1.29, 1.82) is 0 Å². The van der Waals surface area contributed by atoms with E-state index in [0.717, 1.165) is 4.90 Å². The third-order valence-corrected chi connectivity index (χ3v) is 4.35. The standard InChI is InChI=1S/C21H20N2O6/c1-3-23-19(24)16(22-21(23)27)11-14-7-5-9-17(28-2)18(14)29-12-13-6-4-8-15(10-13)20(25)26/h4-11H,3,12H2,1-2H3,(H,22,27)(H,25,26)/p-1/b16-11+. The van der Waals surface area contributed by atoms with Gasteiger partial charge in [0, 0.05) is 12.1 Å². The van der Waals surface area contributed by atoms with Gasteiger partial charge in [0.15, 0.2) is 11.5 Å². The largest absolute Gasteiger partial charge is 0.545 e. The van der Waals surface area contributed by atoms with E-state index in [9.17, 15) is 19.5 Å². The van der Waals surface area contributed by atoms with Crippen molar-refractivity contribution >= 4 is 24.0 Å². The number of nitrogens with zero attached hydrogens (tertiary/aromatic N) is 1. The first-order chi connectivity index (χ1) is 13.9. The molecule has 0 unspecified atom stereocenters. The number of aromatic carboxylic acids is 1. The summed E-state index contributed by atoms with van der Waals surface area (Å²) in [7, 11) is 1.48. The van der Waals surface area contributed by atoms with Gasteiger partial charge in [-0.2, -0.15) is 0 Å². The highest BCUT2D eigenvalue weighted by molar-refractivity contribution is 6.14. The molecule has 0 bridgehead atoms. The minimum atomic E-state index is -1.27. The van der Waals surface area contributed by atoms with Crippen molar-refractivity contribution in [3.05, 3.63) is 64.9 Å². The average molecular weight is 395 g/mol. The molecule has 1 heterocycles. The lowest BCUT2D eigenvalue weighted by atomic mass is 10.1. The summed E-state index contributed by atoms with van der Waals surface area (Å²) in [6.07, 6.45) is 1.52. The molecule has 0 saturated carbocycles. The summed E-state index contributed by atoms with van der Waals surface area (Å²) in [5.74, 6) is -0.906. The fourth-order valence-corrected chi connectivity index (χ4v) is 2.92. The molecule has 0 aromatic heterocycles. The first-order valence-corrected chi connectivity index (χ1v) is 8.89. The molecule has 1 saturated heterocycles. The number of carboxylic acid groups (broad SMARTS) is 1. The first-order valence-electron chi connectivity index (χ1n) is 8.89. The number of hydrogen-bond acceptors (Lipinski definition) is 6. The van der Waals surface area contributed by atoms with Crippen LogP contribution in [0, 0.1) is 0 Å². The third kappa shape index (κ3) is 4.21. The third-order valence-electron chi connectivity index (χ3n) is 4.35. The number of urea groups is 1. The molecule has 2 aromatic carbocycles. The molecule has 8 nitrogen and oxygen atoms in total. The van der Waals surface area contributed by atoms with Gasteiger partial charge in [-0.1, -0.05) is 30.3 Å². The van der Waals surface area contributed by atoms with E-state index in [2.05, 4.69) is 5.32 Å². The maximum absolute atomic E-state index is 12.3. The molecule has 8 heteroatoms. The molecule has 0 radical (unpaired) electrons. The summed E-state index contributed by atoms with van der Waals surface area (Å²) < 4.78 is 11.2. The summed E-state index contributed by atoms with van der Waals surface area (Å²) in [5, 5.41) is 13.6. The van der Waals surface area contributed by atoms with Crippen molar-refractivity contribution in [2.45, 2.75) is 13.5 Å². The number of imide groups is 1. The van der Waals surface area contributed by atoms with Gasteiger partial charge in [0.05, 0.1) is 13.1 Å². The number of benzene rings is 2. The Morgan fingerprint density at radius 3 is 2.62 bits per heavy atom. The number of carbonyl (C=O) groups excluding carboxylic acids is 3. The fraction of sp³-hybridized carbons (Fsp3) is 0.190. The van der Waals surface area contributed by atoms with Crippen molar-refractivity contribution in [2.75, 3.05) is 13.7 Å². The molecule has 29 heavy (non-hydrogen) atoms. The van der Waals surface area contributed by atoms with Crippen molar-refractivity contribution in [2.24, 2.45) is 0 Å². The predicted molar refractivity (Wildman–Crippen MR) is 102 cm³/mol. The average Bonchev–Trinajstić information content (AvgIpc) is 2.99. The monoisotopic (exact) mass is 395 g/mol. The zero-order chi connectivity index (χ0) is 21.0. The van der Waals surface area contributed by atoms with Crippen molar-refractivity contribution in [3.63, 3.8) is 0 Å². The van der Waals surface area contributed by atoms with E-state index in [1.54, 1.807) is 37.3 Å². The number of nitrogens with one attached hydrogen (secondary N) is 1. The molecular formula is C21H19N2O6-. The van der Waals surface area contributed by atoms with E-state index in [0.29, 0.717) is 22.6 Å². The van der Waals surface area contributed by atoms with Crippen molar-refractivity contribution in [1.82, 2.24) is 10.2 Å². The second-order valence-electron chi connectivity index (χ2n) is 6.19. The Morgan fingerprint density at radius 2 is 1.97 bits per heavy atom. The number of carbonyl (C=O) groups is 3. The maximum atomic E-state index is 12.3. The zero-order valence-corrected chi connectivity index (χ0v) is 15.9. The van der Waals surface area contributed by atoms with Crippen LogP contribution in [0.5, 0.6) is 11.5 Å². The summed E-state index contributed by atoms with van der Waals surface area (Å²) in [6, 6.07) is 10.9. The minimum absolute atomic E-state index is 0.0485. The maximum Gasteiger partial charge on any atom is 0.328 e. The van der Waals surface area contributed by atoms with E-state index in [-0.39, 0.29) is 24.4 Å². The molecule has 3 amide bonds. The topological polar surface area (TPSA) is 108 Å². The molecule has 0 aliphatic carbocycles. The van der Waals surface area contributed by atoms with Gasteiger partial charge in [0.1, 0.15) is 12.3 Å². The van der Waals surface area contributed by atoms with Gasteiger partial charge in [-0.05, 0) is 36.3 Å². The number of para-hydroxylation sites is 1. The molecule has 0 atom stereocenters. The highest BCUT2D eigenvalue weighted by Gasteiger charge is 2.32. The van der Waals surface area contributed by atoms with E-state index in [4.69, 9.17) is 9.47 Å². The summed E-state index contributed by atoms with van der Waals surface area (Å²) >= 11 is 0. The first kappa shape index (κ1) is 19.9. The summed E-state index contributed by atoms with van der Waals surface area (Å²) in [4.78, 5) is 36.3. The van der Waals surface area contributed by atoms with Crippen LogP contribution in [0.3, 0.4) is 0 Å².